The number of rotatable bonds is 1. The highest BCUT2D eigenvalue weighted by Gasteiger charge is 2.28. The molecule has 5 nitrogen and oxygen atoms in total. The Labute approximate surface area is 86.4 Å². The average molecular weight is 216 g/mol. The van der Waals surface area contributed by atoms with Crippen LogP contribution in [0.2, 0.25) is 0 Å². The molecule has 0 aromatic heterocycles. The van der Waals surface area contributed by atoms with Gasteiger partial charge in [0.2, 0.25) is 0 Å². The van der Waals surface area contributed by atoms with E-state index < -0.39 is 11.3 Å². The molecule has 2 aliphatic rings. The molecule has 2 aliphatic heterocycles. The van der Waals surface area contributed by atoms with Gasteiger partial charge in [-0.3, -0.25) is 4.79 Å². The number of carbonyl (C=O) groups is 1. The van der Waals surface area contributed by atoms with E-state index >= 15 is 0 Å². The number of ether oxygens (including phenoxy) is 1. The number of hydrogen-bond donors (Lipinski definition) is 0. The third-order valence-electron chi connectivity index (χ3n) is 2.20. The van der Waals surface area contributed by atoms with Gasteiger partial charge < -0.3 is 9.64 Å². The number of nitrogens with zero attached hydrogens (tertiary/aromatic N) is 3. The van der Waals surface area contributed by atoms with E-state index in [4.69, 9.17) is 16.3 Å². The fourth-order valence-corrected chi connectivity index (χ4v) is 1.69. The summed E-state index contributed by atoms with van der Waals surface area (Å²) in [5, 5.41) is 6.30. The SMILES string of the molecule is O=C1N=NC=C(N2CCOCC2)C1Cl. The van der Waals surface area contributed by atoms with Gasteiger partial charge in [-0.1, -0.05) is 0 Å². The van der Waals surface area contributed by atoms with Crippen LogP contribution in [0.4, 0.5) is 0 Å². The molecule has 76 valence electrons. The number of amides is 1. The van der Waals surface area contributed by atoms with Gasteiger partial charge in [-0.2, -0.15) is 5.11 Å². The maximum Gasteiger partial charge on any atom is 0.288 e. The predicted octanol–water partition coefficient (Wildman–Crippen LogP) is 0.760. The highest BCUT2D eigenvalue weighted by molar-refractivity contribution is 6.33. The van der Waals surface area contributed by atoms with Crippen LogP contribution in [0.5, 0.6) is 0 Å². The molecular weight excluding hydrogens is 206 g/mol. The first kappa shape index (κ1) is 9.61. The summed E-state index contributed by atoms with van der Waals surface area (Å²) in [4.78, 5) is 13.2. The Morgan fingerprint density at radius 2 is 2.21 bits per heavy atom. The lowest BCUT2D eigenvalue weighted by Crippen LogP contribution is -2.40. The fraction of sp³-hybridized carbons (Fsp3) is 0.625. The van der Waals surface area contributed by atoms with E-state index in [1.807, 2.05) is 4.90 Å². The van der Waals surface area contributed by atoms with Crippen molar-refractivity contribution in [1.82, 2.24) is 4.90 Å². The molecule has 0 saturated carbocycles. The van der Waals surface area contributed by atoms with Gasteiger partial charge in [0.1, 0.15) is 0 Å². The average Bonchev–Trinajstić information content (AvgIpc) is 2.23. The molecule has 0 radical (unpaired) electrons. The maximum absolute atomic E-state index is 11.2. The minimum Gasteiger partial charge on any atom is -0.378 e. The second-order valence-corrected chi connectivity index (χ2v) is 3.51. The lowest BCUT2D eigenvalue weighted by Gasteiger charge is -2.32. The van der Waals surface area contributed by atoms with Gasteiger partial charge >= 0.3 is 0 Å². The molecule has 0 aliphatic carbocycles. The Hall–Kier alpha value is -0.940. The Morgan fingerprint density at radius 3 is 2.93 bits per heavy atom. The Morgan fingerprint density at radius 1 is 1.50 bits per heavy atom. The van der Waals surface area contributed by atoms with Gasteiger partial charge in [-0.25, -0.2) is 0 Å². The molecule has 2 heterocycles. The summed E-state index contributed by atoms with van der Waals surface area (Å²) >= 11 is 5.91. The van der Waals surface area contributed by atoms with Crippen molar-refractivity contribution in [3.63, 3.8) is 0 Å². The van der Waals surface area contributed by atoms with E-state index in [9.17, 15) is 4.79 Å². The molecule has 1 amide bonds. The van der Waals surface area contributed by atoms with Crippen molar-refractivity contribution in [3.05, 3.63) is 11.9 Å². The largest absolute Gasteiger partial charge is 0.378 e. The van der Waals surface area contributed by atoms with Crippen LogP contribution >= 0.6 is 11.6 Å². The Kier molecular flexibility index (Phi) is 2.79. The summed E-state index contributed by atoms with van der Waals surface area (Å²) in [6.45, 7) is 2.81. The van der Waals surface area contributed by atoms with E-state index in [2.05, 4.69) is 10.2 Å². The lowest BCUT2D eigenvalue weighted by molar-refractivity contribution is -0.118. The van der Waals surface area contributed by atoms with Gasteiger partial charge in [0.05, 0.1) is 25.1 Å². The highest BCUT2D eigenvalue weighted by atomic mass is 35.5. The number of hydrogen-bond acceptors (Lipinski definition) is 4. The van der Waals surface area contributed by atoms with Crippen LogP contribution in [0.1, 0.15) is 0 Å². The zero-order chi connectivity index (χ0) is 9.97. The molecule has 1 atom stereocenters. The molecule has 14 heavy (non-hydrogen) atoms. The molecule has 1 unspecified atom stereocenters. The van der Waals surface area contributed by atoms with Crippen LogP contribution < -0.4 is 0 Å². The zero-order valence-electron chi connectivity index (χ0n) is 7.52. The highest BCUT2D eigenvalue weighted by Crippen LogP contribution is 2.21. The van der Waals surface area contributed by atoms with Gasteiger partial charge in [0.15, 0.2) is 5.38 Å². The van der Waals surface area contributed by atoms with E-state index in [0.29, 0.717) is 13.2 Å². The summed E-state index contributed by atoms with van der Waals surface area (Å²) in [7, 11) is 0. The molecule has 0 bridgehead atoms. The molecule has 1 saturated heterocycles. The van der Waals surface area contributed by atoms with Crippen LogP contribution in [0.25, 0.3) is 0 Å². The van der Waals surface area contributed by atoms with Crippen LogP contribution in [0.15, 0.2) is 22.1 Å². The van der Waals surface area contributed by atoms with Crippen molar-refractivity contribution in [2.45, 2.75) is 5.38 Å². The fourth-order valence-electron chi connectivity index (χ4n) is 1.45. The van der Waals surface area contributed by atoms with Gasteiger partial charge in [-0.05, 0) is 0 Å². The molecule has 0 spiro atoms. The molecule has 0 aromatic rings. The minimum atomic E-state index is -0.689. The van der Waals surface area contributed by atoms with Crippen molar-refractivity contribution in [1.29, 1.82) is 0 Å². The summed E-state index contributed by atoms with van der Waals surface area (Å²) < 4.78 is 5.20. The van der Waals surface area contributed by atoms with Crippen LogP contribution in [0, 0.1) is 0 Å². The third kappa shape index (κ3) is 1.78. The second-order valence-electron chi connectivity index (χ2n) is 3.07. The predicted molar refractivity (Wildman–Crippen MR) is 50.0 cm³/mol. The number of azo groups is 1. The number of alkyl halides is 1. The first-order valence-electron chi connectivity index (χ1n) is 4.40. The second kappa shape index (κ2) is 4.06. The normalized spacial score (nSPS) is 27.8. The molecule has 6 heteroatoms. The monoisotopic (exact) mass is 215 g/mol. The van der Waals surface area contributed by atoms with Gasteiger partial charge in [0.25, 0.3) is 5.91 Å². The topological polar surface area (TPSA) is 54.3 Å². The number of carbonyl (C=O) groups excluding carboxylic acids is 1. The number of halogens is 1. The summed E-state index contributed by atoms with van der Waals surface area (Å²) in [5.41, 5.74) is 0.731. The smallest absolute Gasteiger partial charge is 0.288 e. The molecular formula is C8H10ClN3O2. The Balaban J connectivity index is 2.12. The van der Waals surface area contributed by atoms with Crippen molar-refractivity contribution in [2.24, 2.45) is 10.2 Å². The first-order chi connectivity index (χ1) is 6.79. The molecule has 1 fully saturated rings. The van der Waals surface area contributed by atoms with Gasteiger partial charge in [0, 0.05) is 13.1 Å². The van der Waals surface area contributed by atoms with Crippen molar-refractivity contribution in [2.75, 3.05) is 26.3 Å². The van der Waals surface area contributed by atoms with Crippen LogP contribution in [0.3, 0.4) is 0 Å². The van der Waals surface area contributed by atoms with Crippen molar-refractivity contribution < 1.29 is 9.53 Å². The van der Waals surface area contributed by atoms with E-state index in [1.165, 1.54) is 0 Å². The maximum atomic E-state index is 11.2. The minimum absolute atomic E-state index is 0.393. The molecule has 0 aromatic carbocycles. The van der Waals surface area contributed by atoms with E-state index in [-0.39, 0.29) is 0 Å². The van der Waals surface area contributed by atoms with E-state index in [0.717, 1.165) is 18.8 Å². The van der Waals surface area contributed by atoms with Crippen LogP contribution in [-0.4, -0.2) is 42.5 Å². The summed E-state index contributed by atoms with van der Waals surface area (Å²) in [6.07, 6.45) is 1.55. The molecule has 2 rings (SSSR count). The quantitative estimate of drug-likeness (QED) is 0.607. The van der Waals surface area contributed by atoms with Crippen LogP contribution in [-0.2, 0) is 9.53 Å². The third-order valence-corrected chi connectivity index (χ3v) is 2.61. The van der Waals surface area contributed by atoms with Crippen molar-refractivity contribution >= 4 is 17.5 Å². The zero-order valence-corrected chi connectivity index (χ0v) is 8.28. The summed E-state index contributed by atoms with van der Waals surface area (Å²) in [6, 6.07) is 0. The first-order valence-corrected chi connectivity index (χ1v) is 4.84. The number of morpholine rings is 1. The van der Waals surface area contributed by atoms with Gasteiger partial charge in [-0.15, -0.1) is 16.7 Å². The van der Waals surface area contributed by atoms with Crippen molar-refractivity contribution in [3.8, 4) is 0 Å². The standard InChI is InChI=1S/C8H10ClN3O2/c9-7-6(5-10-11-8(7)13)12-1-3-14-4-2-12/h5,7H,1-4H2. The Bertz CT molecular complexity index is 297. The lowest BCUT2D eigenvalue weighted by atomic mass is 10.2. The molecule has 0 N–H and O–H groups in total. The summed E-state index contributed by atoms with van der Waals surface area (Å²) in [5.74, 6) is -0.393. The van der Waals surface area contributed by atoms with E-state index in [1.54, 1.807) is 6.20 Å².